The number of nitrogens with one attached hydrogen (secondary N) is 1. The molecule has 4 rings (SSSR count). The van der Waals surface area contributed by atoms with Crippen molar-refractivity contribution < 1.29 is 9.53 Å². The fraction of sp³-hybridized carbons (Fsp3) is 0.207. The summed E-state index contributed by atoms with van der Waals surface area (Å²) in [6.45, 7) is 4.06. The normalized spacial score (nSPS) is 11.7. The Hall–Kier alpha value is -3.79. The molecule has 0 aliphatic heterocycles. The van der Waals surface area contributed by atoms with Gasteiger partial charge in [0.2, 0.25) is 0 Å². The first-order valence-electron chi connectivity index (χ1n) is 11.3. The quantitative estimate of drug-likeness (QED) is 0.355. The first kappa shape index (κ1) is 22.4. The minimum absolute atomic E-state index is 0.0492. The van der Waals surface area contributed by atoms with Crippen LogP contribution in [0.5, 0.6) is 5.75 Å². The molecule has 0 fully saturated rings. The van der Waals surface area contributed by atoms with Crippen LogP contribution in [-0.4, -0.2) is 23.6 Å². The molecule has 33 heavy (non-hydrogen) atoms. The third kappa shape index (κ3) is 5.17. The highest BCUT2D eigenvalue weighted by Gasteiger charge is 2.21. The van der Waals surface area contributed by atoms with Crippen molar-refractivity contribution in [2.45, 2.75) is 32.7 Å². The molecule has 4 heteroatoms. The maximum absolute atomic E-state index is 13.3. The number of ether oxygens (including phenoxy) is 1. The summed E-state index contributed by atoms with van der Waals surface area (Å²) in [5, 5.41) is 3.20. The Kier molecular flexibility index (Phi) is 6.94. The van der Waals surface area contributed by atoms with Crippen molar-refractivity contribution in [2.75, 3.05) is 7.11 Å². The van der Waals surface area contributed by atoms with Crippen LogP contribution in [0.1, 0.15) is 35.0 Å². The Balaban J connectivity index is 1.63. The van der Waals surface area contributed by atoms with Crippen LogP contribution in [0.4, 0.5) is 0 Å². The number of rotatable bonds is 8. The van der Waals surface area contributed by atoms with Crippen molar-refractivity contribution >= 4 is 5.91 Å². The summed E-state index contributed by atoms with van der Waals surface area (Å²) in [4.78, 5) is 13.3. The second kappa shape index (κ2) is 10.2. The number of nitrogens with zero attached hydrogens (tertiary/aromatic N) is 1. The molecular weight excluding hydrogens is 408 g/mol. The van der Waals surface area contributed by atoms with E-state index >= 15 is 0 Å². The fourth-order valence-corrected chi connectivity index (χ4v) is 4.14. The highest BCUT2D eigenvalue weighted by atomic mass is 16.5. The average Bonchev–Trinajstić information content (AvgIpc) is 3.21. The summed E-state index contributed by atoms with van der Waals surface area (Å²) in [5.41, 5.74) is 5.85. The van der Waals surface area contributed by atoms with Crippen molar-refractivity contribution in [3.8, 4) is 22.7 Å². The zero-order valence-electron chi connectivity index (χ0n) is 19.4. The lowest BCUT2D eigenvalue weighted by molar-refractivity contribution is 0.0938. The summed E-state index contributed by atoms with van der Waals surface area (Å²) < 4.78 is 7.57. The minimum Gasteiger partial charge on any atom is -0.497 e. The lowest BCUT2D eigenvalue weighted by Gasteiger charge is -2.15. The molecule has 4 nitrogen and oxygen atoms in total. The molecule has 168 valence electrons. The van der Waals surface area contributed by atoms with E-state index in [0.29, 0.717) is 5.56 Å². The molecular formula is C29H30N2O2. The van der Waals surface area contributed by atoms with Crippen LogP contribution in [0.15, 0.2) is 91.0 Å². The number of carbonyl (C=O) groups excluding carboxylic acids is 1. The molecule has 0 saturated heterocycles. The van der Waals surface area contributed by atoms with Crippen molar-refractivity contribution in [3.63, 3.8) is 0 Å². The molecule has 0 spiro atoms. The molecule has 1 N–H and O–H groups in total. The van der Waals surface area contributed by atoms with Crippen LogP contribution in [0.2, 0.25) is 0 Å². The second-order valence-corrected chi connectivity index (χ2v) is 8.33. The number of carbonyl (C=O) groups is 1. The van der Waals surface area contributed by atoms with Crippen LogP contribution in [0.3, 0.4) is 0 Å². The van der Waals surface area contributed by atoms with Gasteiger partial charge in [-0.3, -0.25) is 4.79 Å². The number of hydrogen-bond acceptors (Lipinski definition) is 2. The van der Waals surface area contributed by atoms with Gasteiger partial charge in [0, 0.05) is 23.0 Å². The first-order chi connectivity index (χ1) is 16.1. The number of hydrogen-bond donors (Lipinski definition) is 1. The van der Waals surface area contributed by atoms with Gasteiger partial charge < -0.3 is 14.6 Å². The molecule has 0 radical (unpaired) electrons. The summed E-state index contributed by atoms with van der Waals surface area (Å²) in [6.07, 6.45) is 1.82. The Morgan fingerprint density at radius 3 is 2.33 bits per heavy atom. The molecule has 1 aromatic heterocycles. The molecule has 1 unspecified atom stereocenters. The molecule has 1 amide bonds. The zero-order chi connectivity index (χ0) is 23.2. The van der Waals surface area contributed by atoms with Crippen molar-refractivity contribution in [3.05, 3.63) is 108 Å². The van der Waals surface area contributed by atoms with Gasteiger partial charge in [-0.1, -0.05) is 60.7 Å². The summed E-state index contributed by atoms with van der Waals surface area (Å²) >= 11 is 0. The topological polar surface area (TPSA) is 43.3 Å². The molecule has 0 aliphatic carbocycles. The van der Waals surface area contributed by atoms with Crippen LogP contribution in [-0.2, 0) is 6.42 Å². The van der Waals surface area contributed by atoms with Gasteiger partial charge in [0.25, 0.3) is 5.91 Å². The van der Waals surface area contributed by atoms with Gasteiger partial charge in [0.15, 0.2) is 0 Å². The van der Waals surface area contributed by atoms with Crippen molar-refractivity contribution in [1.82, 2.24) is 9.88 Å². The van der Waals surface area contributed by atoms with Gasteiger partial charge in [-0.25, -0.2) is 0 Å². The maximum atomic E-state index is 13.3. The summed E-state index contributed by atoms with van der Waals surface area (Å²) in [5.74, 6) is 0.735. The lowest BCUT2D eigenvalue weighted by atomic mass is 10.1. The van der Waals surface area contributed by atoms with E-state index in [4.69, 9.17) is 4.74 Å². The summed E-state index contributed by atoms with van der Waals surface area (Å²) in [6, 6.07) is 30.5. The minimum atomic E-state index is -0.0492. The van der Waals surface area contributed by atoms with Gasteiger partial charge in [-0.2, -0.15) is 0 Å². The number of para-hydroxylation sites is 1. The van der Waals surface area contributed by atoms with Crippen molar-refractivity contribution in [2.24, 2.45) is 0 Å². The van der Waals surface area contributed by atoms with Crippen LogP contribution < -0.4 is 10.1 Å². The van der Waals surface area contributed by atoms with Gasteiger partial charge in [0.05, 0.1) is 18.4 Å². The molecule has 3 aromatic carbocycles. The number of methoxy groups -OCH3 is 1. The number of aromatic nitrogens is 1. The van der Waals surface area contributed by atoms with Crippen LogP contribution in [0, 0.1) is 6.92 Å². The van der Waals surface area contributed by atoms with E-state index in [9.17, 15) is 4.79 Å². The SMILES string of the molecule is COc1cccc(-c2cc(C(=O)NC(C)CCc3ccccc3)c(C)n2-c2ccccc2)c1. The Morgan fingerprint density at radius 1 is 0.939 bits per heavy atom. The smallest absolute Gasteiger partial charge is 0.253 e. The van der Waals surface area contributed by atoms with E-state index in [1.807, 2.05) is 73.7 Å². The van der Waals surface area contributed by atoms with Crippen LogP contribution >= 0.6 is 0 Å². The molecule has 4 aromatic rings. The molecule has 0 saturated carbocycles. The van der Waals surface area contributed by atoms with Gasteiger partial charge >= 0.3 is 0 Å². The number of amides is 1. The number of benzene rings is 3. The lowest BCUT2D eigenvalue weighted by Crippen LogP contribution is -2.33. The van der Waals surface area contributed by atoms with Crippen molar-refractivity contribution in [1.29, 1.82) is 0 Å². The van der Waals surface area contributed by atoms with E-state index in [2.05, 4.69) is 41.1 Å². The Bertz CT molecular complexity index is 1210. The Morgan fingerprint density at radius 2 is 1.64 bits per heavy atom. The maximum Gasteiger partial charge on any atom is 0.253 e. The second-order valence-electron chi connectivity index (χ2n) is 8.33. The average molecular weight is 439 g/mol. The molecule has 1 heterocycles. The van der Waals surface area contributed by atoms with Crippen LogP contribution in [0.25, 0.3) is 16.9 Å². The van der Waals surface area contributed by atoms with E-state index in [1.165, 1.54) is 5.56 Å². The van der Waals surface area contributed by atoms with Gasteiger partial charge in [0.1, 0.15) is 5.75 Å². The van der Waals surface area contributed by atoms with E-state index in [1.54, 1.807) is 7.11 Å². The Labute approximate surface area is 195 Å². The third-order valence-corrected chi connectivity index (χ3v) is 5.96. The zero-order valence-corrected chi connectivity index (χ0v) is 19.4. The molecule has 0 aliphatic rings. The molecule has 1 atom stereocenters. The fourth-order valence-electron chi connectivity index (χ4n) is 4.14. The monoisotopic (exact) mass is 438 g/mol. The van der Waals surface area contributed by atoms with E-state index < -0.39 is 0 Å². The predicted octanol–water partition coefficient (Wildman–Crippen LogP) is 6.21. The first-order valence-corrected chi connectivity index (χ1v) is 11.3. The largest absolute Gasteiger partial charge is 0.497 e. The van der Waals surface area contributed by atoms with E-state index in [0.717, 1.165) is 41.2 Å². The van der Waals surface area contributed by atoms with E-state index in [-0.39, 0.29) is 11.9 Å². The third-order valence-electron chi connectivity index (χ3n) is 5.96. The summed E-state index contributed by atoms with van der Waals surface area (Å²) in [7, 11) is 1.66. The standard InChI is InChI=1S/C29H30N2O2/c1-21(17-18-23-11-6-4-7-12-23)30-29(32)27-20-28(24-13-10-16-26(19-24)33-3)31(22(27)2)25-14-8-5-9-15-25/h4-16,19-21H,17-18H2,1-3H3,(H,30,32). The highest BCUT2D eigenvalue weighted by Crippen LogP contribution is 2.31. The number of aryl methyl sites for hydroxylation is 1. The predicted molar refractivity (Wildman–Crippen MR) is 134 cm³/mol. The highest BCUT2D eigenvalue weighted by molar-refractivity contribution is 5.97. The molecule has 0 bridgehead atoms. The van der Waals surface area contributed by atoms with Gasteiger partial charge in [-0.05, 0) is 62.6 Å². The van der Waals surface area contributed by atoms with Gasteiger partial charge in [-0.15, -0.1) is 0 Å².